The molecule has 0 saturated carbocycles. The first-order chi connectivity index (χ1) is 11.7. The number of allylic oxidation sites excluding steroid dienone is 3. The van der Waals surface area contributed by atoms with Gasteiger partial charge in [-0.25, -0.2) is 4.79 Å². The fourth-order valence-corrected chi connectivity index (χ4v) is 3.19. The summed E-state index contributed by atoms with van der Waals surface area (Å²) in [6, 6.07) is 5.53. The van der Waals surface area contributed by atoms with Gasteiger partial charge in [-0.1, -0.05) is 6.07 Å². The molecule has 1 aliphatic carbocycles. The molecule has 2 heterocycles. The summed E-state index contributed by atoms with van der Waals surface area (Å²) >= 11 is 0. The molecule has 6 heteroatoms. The third kappa shape index (κ3) is 2.35. The molecular formula is C18H16O6. The van der Waals surface area contributed by atoms with Crippen LogP contribution in [0.1, 0.15) is 31.2 Å². The Morgan fingerprint density at radius 2 is 2.08 bits per heavy atom. The second-order valence-corrected chi connectivity index (χ2v) is 5.70. The number of carbonyl (C=O) groups is 2. The highest BCUT2D eigenvalue weighted by Gasteiger charge is 2.37. The first-order valence-electron chi connectivity index (χ1n) is 7.90. The molecule has 124 valence electrons. The van der Waals surface area contributed by atoms with E-state index in [2.05, 4.69) is 0 Å². The molecule has 0 spiro atoms. The maximum Gasteiger partial charge on any atom is 0.373 e. The van der Waals surface area contributed by atoms with Gasteiger partial charge in [-0.3, -0.25) is 4.79 Å². The summed E-state index contributed by atoms with van der Waals surface area (Å²) in [5.74, 6) is 1.19. The minimum atomic E-state index is -0.519. The van der Waals surface area contributed by atoms with Crippen molar-refractivity contribution in [2.45, 2.75) is 25.7 Å². The van der Waals surface area contributed by atoms with Crippen LogP contribution in [0, 0.1) is 0 Å². The van der Waals surface area contributed by atoms with Crippen molar-refractivity contribution in [2.75, 3.05) is 13.4 Å². The van der Waals surface area contributed by atoms with Crippen molar-refractivity contribution in [3.8, 4) is 11.5 Å². The van der Waals surface area contributed by atoms with E-state index in [1.54, 1.807) is 13.0 Å². The molecule has 0 N–H and O–H groups in total. The normalized spacial score (nSPS) is 21.3. The smallest absolute Gasteiger partial charge is 0.373 e. The van der Waals surface area contributed by atoms with Gasteiger partial charge < -0.3 is 18.9 Å². The summed E-state index contributed by atoms with van der Waals surface area (Å²) in [4.78, 5) is 24.4. The van der Waals surface area contributed by atoms with E-state index in [0.29, 0.717) is 35.7 Å². The van der Waals surface area contributed by atoms with Crippen LogP contribution in [-0.4, -0.2) is 25.2 Å². The SMILES string of the molecule is CCOC(=O)C1=CC(c2ccc3c(c2)OCO3)C2=C(CCC2=O)O1. The number of fused-ring (bicyclic) bond motifs is 1. The predicted molar refractivity (Wildman–Crippen MR) is 82.4 cm³/mol. The van der Waals surface area contributed by atoms with Gasteiger partial charge in [-0.2, -0.15) is 0 Å². The molecule has 6 nitrogen and oxygen atoms in total. The summed E-state index contributed by atoms with van der Waals surface area (Å²) in [5, 5.41) is 0. The highest BCUT2D eigenvalue weighted by molar-refractivity contribution is 6.01. The fourth-order valence-electron chi connectivity index (χ4n) is 3.19. The lowest BCUT2D eigenvalue weighted by Gasteiger charge is -2.23. The monoisotopic (exact) mass is 328 g/mol. The van der Waals surface area contributed by atoms with Crippen molar-refractivity contribution in [1.29, 1.82) is 0 Å². The van der Waals surface area contributed by atoms with E-state index in [4.69, 9.17) is 18.9 Å². The molecule has 24 heavy (non-hydrogen) atoms. The number of esters is 1. The number of benzene rings is 1. The number of ketones is 1. The maximum absolute atomic E-state index is 12.3. The van der Waals surface area contributed by atoms with Gasteiger partial charge in [0.05, 0.1) is 6.61 Å². The minimum Gasteiger partial charge on any atom is -0.460 e. The molecular weight excluding hydrogens is 312 g/mol. The Balaban J connectivity index is 1.75. The van der Waals surface area contributed by atoms with Crippen molar-refractivity contribution in [2.24, 2.45) is 0 Å². The standard InChI is InChI=1S/C18H16O6/c1-2-21-18(20)16-8-11(17-12(19)4-6-14(17)24-16)10-3-5-13-15(7-10)23-9-22-13/h3,5,7-8,11H,2,4,6,9H2,1H3. The number of Topliss-reactive ketones (excluding diaryl/α,β-unsaturated/α-hetero) is 1. The van der Waals surface area contributed by atoms with Crippen LogP contribution in [0.15, 0.2) is 41.4 Å². The molecule has 0 radical (unpaired) electrons. The molecule has 4 rings (SSSR count). The average molecular weight is 328 g/mol. The maximum atomic E-state index is 12.3. The van der Waals surface area contributed by atoms with Crippen molar-refractivity contribution in [3.63, 3.8) is 0 Å². The number of hydrogen-bond donors (Lipinski definition) is 0. The minimum absolute atomic E-state index is 0.0480. The van der Waals surface area contributed by atoms with E-state index >= 15 is 0 Å². The predicted octanol–water partition coefficient (Wildman–Crippen LogP) is 2.59. The Labute approximate surface area is 138 Å². The van der Waals surface area contributed by atoms with Crippen molar-refractivity contribution >= 4 is 11.8 Å². The van der Waals surface area contributed by atoms with Gasteiger partial charge in [-0.05, 0) is 30.7 Å². The number of ether oxygens (including phenoxy) is 4. The second-order valence-electron chi connectivity index (χ2n) is 5.70. The molecule has 3 aliphatic rings. The van der Waals surface area contributed by atoms with E-state index in [1.807, 2.05) is 18.2 Å². The summed E-state index contributed by atoms with van der Waals surface area (Å²) in [5.41, 5.74) is 1.47. The number of carbonyl (C=O) groups excluding carboxylic acids is 2. The van der Waals surface area contributed by atoms with Gasteiger partial charge in [0, 0.05) is 24.3 Å². The molecule has 1 unspecified atom stereocenters. The Kier molecular flexibility index (Phi) is 3.52. The topological polar surface area (TPSA) is 71.1 Å². The molecule has 0 aromatic heterocycles. The number of rotatable bonds is 3. The summed E-state index contributed by atoms with van der Waals surface area (Å²) < 4.78 is 21.4. The molecule has 1 aromatic rings. The zero-order valence-corrected chi connectivity index (χ0v) is 13.2. The first-order valence-corrected chi connectivity index (χ1v) is 7.90. The van der Waals surface area contributed by atoms with E-state index in [9.17, 15) is 9.59 Å². The van der Waals surface area contributed by atoms with Gasteiger partial charge in [0.1, 0.15) is 5.76 Å². The van der Waals surface area contributed by atoms with Crippen molar-refractivity contribution in [3.05, 3.63) is 46.9 Å². The molecule has 1 aromatic carbocycles. The summed E-state index contributed by atoms with van der Waals surface area (Å²) in [6.07, 6.45) is 2.55. The van der Waals surface area contributed by atoms with E-state index in [-0.39, 0.29) is 30.9 Å². The van der Waals surface area contributed by atoms with Gasteiger partial charge in [0.15, 0.2) is 17.3 Å². The molecule has 1 atom stereocenters. The quantitative estimate of drug-likeness (QED) is 0.794. The molecule has 2 aliphatic heterocycles. The zero-order valence-electron chi connectivity index (χ0n) is 13.2. The molecule has 0 amide bonds. The van der Waals surface area contributed by atoms with E-state index in [1.165, 1.54) is 0 Å². The third-order valence-corrected chi connectivity index (χ3v) is 4.27. The van der Waals surface area contributed by atoms with Crippen LogP contribution in [0.5, 0.6) is 11.5 Å². The van der Waals surface area contributed by atoms with Crippen LogP contribution >= 0.6 is 0 Å². The van der Waals surface area contributed by atoms with Gasteiger partial charge in [0.2, 0.25) is 12.6 Å². The molecule has 0 saturated heterocycles. The van der Waals surface area contributed by atoms with Crippen LogP contribution in [-0.2, 0) is 19.1 Å². The van der Waals surface area contributed by atoms with Crippen LogP contribution in [0.25, 0.3) is 0 Å². The Hall–Kier alpha value is -2.76. The summed E-state index contributed by atoms with van der Waals surface area (Å²) in [6.45, 7) is 2.18. The van der Waals surface area contributed by atoms with Gasteiger partial charge in [0.25, 0.3) is 0 Å². The van der Waals surface area contributed by atoms with E-state index in [0.717, 1.165) is 5.56 Å². The van der Waals surface area contributed by atoms with Gasteiger partial charge >= 0.3 is 5.97 Å². The van der Waals surface area contributed by atoms with Crippen LogP contribution in [0.4, 0.5) is 0 Å². The molecule has 0 bridgehead atoms. The first kappa shape index (κ1) is 14.8. The van der Waals surface area contributed by atoms with Crippen LogP contribution in [0.3, 0.4) is 0 Å². The Bertz CT molecular complexity index is 789. The lowest BCUT2D eigenvalue weighted by atomic mass is 9.87. The van der Waals surface area contributed by atoms with Gasteiger partial charge in [-0.15, -0.1) is 0 Å². The Morgan fingerprint density at radius 1 is 1.25 bits per heavy atom. The highest BCUT2D eigenvalue weighted by Crippen LogP contribution is 2.44. The van der Waals surface area contributed by atoms with Crippen molar-refractivity contribution < 1.29 is 28.5 Å². The lowest BCUT2D eigenvalue weighted by Crippen LogP contribution is -2.18. The van der Waals surface area contributed by atoms with Crippen LogP contribution in [0.2, 0.25) is 0 Å². The number of hydrogen-bond acceptors (Lipinski definition) is 6. The third-order valence-electron chi connectivity index (χ3n) is 4.27. The van der Waals surface area contributed by atoms with Crippen LogP contribution < -0.4 is 9.47 Å². The highest BCUT2D eigenvalue weighted by atomic mass is 16.7. The Morgan fingerprint density at radius 3 is 2.92 bits per heavy atom. The second kappa shape index (κ2) is 5.70. The van der Waals surface area contributed by atoms with E-state index < -0.39 is 5.97 Å². The van der Waals surface area contributed by atoms with Crippen molar-refractivity contribution in [1.82, 2.24) is 0 Å². The molecule has 0 fully saturated rings. The average Bonchev–Trinajstić information content (AvgIpc) is 3.20. The summed E-state index contributed by atoms with van der Waals surface area (Å²) in [7, 11) is 0. The lowest BCUT2D eigenvalue weighted by molar-refractivity contribution is -0.142. The zero-order chi connectivity index (χ0) is 16.7. The largest absolute Gasteiger partial charge is 0.460 e. The fraction of sp³-hybridized carbons (Fsp3) is 0.333.